The lowest BCUT2D eigenvalue weighted by Crippen LogP contribution is -2.26. The minimum atomic E-state index is -0.931. The van der Waals surface area contributed by atoms with Crippen LogP contribution >= 0.6 is 0 Å². The van der Waals surface area contributed by atoms with Gasteiger partial charge in [-0.1, -0.05) is 83.1 Å². The molecule has 0 aliphatic carbocycles. The monoisotopic (exact) mass is 486 g/mol. The fourth-order valence-electron chi connectivity index (χ4n) is 4.12. The van der Waals surface area contributed by atoms with Crippen LogP contribution in [0.2, 0.25) is 0 Å². The predicted octanol–water partition coefficient (Wildman–Crippen LogP) is 7.05. The molecule has 3 N–H and O–H groups in total. The van der Waals surface area contributed by atoms with Gasteiger partial charge in [0.2, 0.25) is 0 Å². The van der Waals surface area contributed by atoms with Gasteiger partial charge in [-0.25, -0.2) is 0 Å². The van der Waals surface area contributed by atoms with Crippen molar-refractivity contribution in [2.24, 2.45) is 5.92 Å². The fourth-order valence-corrected chi connectivity index (χ4v) is 4.12. The Kier molecular flexibility index (Phi) is 8.92. The maximum Gasteiger partial charge on any atom is 0.305 e. The van der Waals surface area contributed by atoms with E-state index in [1.807, 2.05) is 12.1 Å². The van der Waals surface area contributed by atoms with Crippen LogP contribution in [0.3, 0.4) is 0 Å². The first-order valence-corrected chi connectivity index (χ1v) is 12.6. The summed E-state index contributed by atoms with van der Waals surface area (Å²) >= 11 is 0. The molecule has 0 unspecified atom stereocenters. The molecule has 1 amide bonds. The molecule has 0 radical (unpaired) electrons. The molecule has 1 atom stereocenters. The molecule has 190 valence electrons. The maximum atomic E-state index is 12.3. The summed E-state index contributed by atoms with van der Waals surface area (Å²) in [5.41, 5.74) is 6.52. The highest BCUT2D eigenvalue weighted by Gasteiger charge is 2.16. The fraction of sp³-hybridized carbons (Fsp3) is 0.355. The second kappa shape index (κ2) is 11.9. The number of benzene rings is 3. The first-order valence-electron chi connectivity index (χ1n) is 12.6. The highest BCUT2D eigenvalue weighted by molar-refractivity contribution is 5.94. The summed E-state index contributed by atoms with van der Waals surface area (Å²) in [7, 11) is 0. The smallest absolute Gasteiger partial charge is 0.305 e. The maximum absolute atomic E-state index is 12.3. The molecule has 3 rings (SSSR count). The molecule has 0 saturated heterocycles. The average Bonchev–Trinajstić information content (AvgIpc) is 2.83. The van der Waals surface area contributed by atoms with Crippen LogP contribution in [0.25, 0.3) is 11.1 Å². The van der Waals surface area contributed by atoms with Crippen molar-refractivity contribution in [3.8, 4) is 11.1 Å². The molecule has 36 heavy (non-hydrogen) atoms. The van der Waals surface area contributed by atoms with Gasteiger partial charge in [-0.3, -0.25) is 9.59 Å². The number of aliphatic carboxylic acids is 1. The van der Waals surface area contributed by atoms with Crippen LogP contribution in [0.4, 0.5) is 5.69 Å². The molecular weight excluding hydrogens is 448 g/mol. The number of rotatable bonds is 10. The van der Waals surface area contributed by atoms with Gasteiger partial charge < -0.3 is 15.7 Å². The van der Waals surface area contributed by atoms with E-state index in [1.165, 1.54) is 16.7 Å². The predicted molar refractivity (Wildman–Crippen MR) is 147 cm³/mol. The molecule has 0 bridgehead atoms. The number of nitrogens with one attached hydrogen (secondary N) is 2. The van der Waals surface area contributed by atoms with Crippen molar-refractivity contribution in [3.05, 3.63) is 89.5 Å². The van der Waals surface area contributed by atoms with Crippen molar-refractivity contribution in [3.63, 3.8) is 0 Å². The van der Waals surface area contributed by atoms with Crippen LogP contribution in [0.15, 0.2) is 72.8 Å². The Balaban J connectivity index is 1.70. The van der Waals surface area contributed by atoms with Crippen molar-refractivity contribution >= 4 is 17.6 Å². The van der Waals surface area contributed by atoms with Crippen LogP contribution < -0.4 is 10.6 Å². The lowest BCUT2D eigenvalue weighted by molar-refractivity contribution is -0.136. The van der Waals surface area contributed by atoms with Gasteiger partial charge in [0.25, 0.3) is 5.91 Å². The first-order chi connectivity index (χ1) is 17.0. The number of hydrogen-bond acceptors (Lipinski definition) is 3. The van der Waals surface area contributed by atoms with Crippen LogP contribution in [0, 0.1) is 5.92 Å². The quantitative estimate of drug-likeness (QED) is 0.287. The van der Waals surface area contributed by atoms with E-state index in [9.17, 15) is 9.59 Å². The number of hydrogen-bond donors (Lipinski definition) is 3. The summed E-state index contributed by atoms with van der Waals surface area (Å²) in [6.45, 7) is 11.2. The molecule has 0 saturated carbocycles. The molecule has 0 heterocycles. The number of carboxylic acids is 1. The van der Waals surface area contributed by atoms with Gasteiger partial charge in [0, 0.05) is 17.8 Å². The Morgan fingerprint density at radius 2 is 1.39 bits per heavy atom. The van der Waals surface area contributed by atoms with Crippen molar-refractivity contribution < 1.29 is 14.7 Å². The van der Waals surface area contributed by atoms with Crippen LogP contribution in [-0.2, 0) is 10.2 Å². The summed E-state index contributed by atoms with van der Waals surface area (Å²) in [5, 5.41) is 15.0. The topological polar surface area (TPSA) is 78.4 Å². The summed E-state index contributed by atoms with van der Waals surface area (Å²) in [4.78, 5) is 22.9. The number of amides is 1. The molecule has 0 aromatic heterocycles. The number of carbonyl (C=O) groups excluding carboxylic acids is 1. The van der Waals surface area contributed by atoms with E-state index < -0.39 is 5.97 Å². The highest BCUT2D eigenvalue weighted by Crippen LogP contribution is 2.29. The Hall–Kier alpha value is -3.60. The Morgan fingerprint density at radius 3 is 1.89 bits per heavy atom. The minimum Gasteiger partial charge on any atom is -0.481 e. The largest absolute Gasteiger partial charge is 0.481 e. The summed E-state index contributed by atoms with van der Waals surface area (Å²) < 4.78 is 0. The lowest BCUT2D eigenvalue weighted by atomic mass is 9.86. The van der Waals surface area contributed by atoms with Crippen molar-refractivity contribution in [1.29, 1.82) is 0 Å². The van der Waals surface area contributed by atoms with Gasteiger partial charge in [0.05, 0.1) is 12.5 Å². The minimum absolute atomic E-state index is 0.0920. The summed E-state index contributed by atoms with van der Waals surface area (Å²) in [6, 6.07) is 24.9. The van der Waals surface area contributed by atoms with E-state index in [2.05, 4.69) is 93.8 Å². The Labute approximate surface area is 215 Å². The van der Waals surface area contributed by atoms with Crippen molar-refractivity contribution in [2.45, 2.75) is 58.9 Å². The van der Waals surface area contributed by atoms with Crippen LogP contribution in [-0.4, -0.2) is 23.5 Å². The van der Waals surface area contributed by atoms with E-state index in [0.717, 1.165) is 17.7 Å². The standard InChI is InChI=1S/C31H38N2O3/c1-21(2)20-28(24-6-8-25(9-7-24)30(36)32-19-18-29(34)35)33-27-16-12-23(13-17-27)22-10-14-26(15-11-22)31(3,4)5/h6-17,21,28,33H,18-20H2,1-5H3,(H,32,36)(H,34,35)/t28-/m0/s1. The molecule has 3 aromatic rings. The Bertz CT molecular complexity index is 1140. The summed E-state index contributed by atoms with van der Waals surface area (Å²) in [6.07, 6.45) is 0.853. The lowest BCUT2D eigenvalue weighted by Gasteiger charge is -2.23. The second-order valence-corrected chi connectivity index (χ2v) is 10.8. The van der Waals surface area contributed by atoms with Gasteiger partial charge in [-0.15, -0.1) is 0 Å². The van der Waals surface area contributed by atoms with E-state index in [-0.39, 0.29) is 30.3 Å². The zero-order chi connectivity index (χ0) is 26.3. The van der Waals surface area contributed by atoms with E-state index >= 15 is 0 Å². The van der Waals surface area contributed by atoms with E-state index in [4.69, 9.17) is 5.11 Å². The zero-order valence-electron chi connectivity index (χ0n) is 22.0. The van der Waals surface area contributed by atoms with E-state index in [1.54, 1.807) is 12.1 Å². The van der Waals surface area contributed by atoms with Crippen molar-refractivity contribution in [2.75, 3.05) is 11.9 Å². The average molecular weight is 487 g/mol. The summed E-state index contributed by atoms with van der Waals surface area (Å²) in [5.74, 6) is -0.705. The Morgan fingerprint density at radius 1 is 0.833 bits per heavy atom. The molecule has 3 aromatic carbocycles. The van der Waals surface area contributed by atoms with Gasteiger partial charge in [0.1, 0.15) is 0 Å². The number of carbonyl (C=O) groups is 2. The van der Waals surface area contributed by atoms with Crippen LogP contribution in [0.5, 0.6) is 0 Å². The molecule has 0 aliphatic heterocycles. The molecule has 5 heteroatoms. The SMILES string of the molecule is CC(C)C[C@H](Nc1ccc(-c2ccc(C(C)(C)C)cc2)cc1)c1ccc(C(=O)NCCC(=O)O)cc1. The molecular formula is C31H38N2O3. The van der Waals surface area contributed by atoms with Gasteiger partial charge in [-0.2, -0.15) is 0 Å². The van der Waals surface area contributed by atoms with Crippen LogP contribution in [0.1, 0.15) is 75.0 Å². The normalized spacial score (nSPS) is 12.3. The van der Waals surface area contributed by atoms with Crippen molar-refractivity contribution in [1.82, 2.24) is 5.32 Å². The molecule has 0 aliphatic rings. The molecule has 5 nitrogen and oxygen atoms in total. The third-order valence-electron chi connectivity index (χ3n) is 6.22. The number of carboxylic acid groups (broad SMARTS) is 1. The highest BCUT2D eigenvalue weighted by atomic mass is 16.4. The van der Waals surface area contributed by atoms with E-state index in [0.29, 0.717) is 11.5 Å². The third-order valence-corrected chi connectivity index (χ3v) is 6.22. The van der Waals surface area contributed by atoms with Gasteiger partial charge >= 0.3 is 5.97 Å². The zero-order valence-corrected chi connectivity index (χ0v) is 22.0. The van der Waals surface area contributed by atoms with Gasteiger partial charge in [-0.05, 0) is 64.3 Å². The third kappa shape index (κ3) is 7.70. The second-order valence-electron chi connectivity index (χ2n) is 10.8. The molecule has 0 spiro atoms. The number of anilines is 1. The van der Waals surface area contributed by atoms with Gasteiger partial charge in [0.15, 0.2) is 0 Å². The molecule has 0 fully saturated rings. The first kappa shape index (κ1) is 27.0.